The summed E-state index contributed by atoms with van der Waals surface area (Å²) < 4.78 is 0. The molecule has 2 aliphatic rings. The van der Waals surface area contributed by atoms with E-state index in [1.165, 1.54) is 38.9 Å². The minimum Gasteiger partial charge on any atom is -0.298 e. The first-order chi connectivity index (χ1) is 7.70. The van der Waals surface area contributed by atoms with E-state index in [1.54, 1.807) is 10.4 Å². The van der Waals surface area contributed by atoms with E-state index in [0.29, 0.717) is 5.41 Å². The van der Waals surface area contributed by atoms with Crippen molar-refractivity contribution in [3.05, 3.63) is 21.9 Å². The summed E-state index contributed by atoms with van der Waals surface area (Å²) >= 11 is 1.94. The average molecular weight is 235 g/mol. The van der Waals surface area contributed by atoms with Gasteiger partial charge in [-0.05, 0) is 47.6 Å². The van der Waals surface area contributed by atoms with Crippen molar-refractivity contribution in [3.63, 3.8) is 0 Å². The van der Waals surface area contributed by atoms with Crippen molar-refractivity contribution < 1.29 is 0 Å². The highest BCUT2D eigenvalue weighted by Gasteiger charge is 2.46. The van der Waals surface area contributed by atoms with Gasteiger partial charge in [0.2, 0.25) is 0 Å². The van der Waals surface area contributed by atoms with Gasteiger partial charge in [0.25, 0.3) is 0 Å². The van der Waals surface area contributed by atoms with Gasteiger partial charge in [0.1, 0.15) is 0 Å². The zero-order valence-electron chi connectivity index (χ0n) is 10.3. The van der Waals surface area contributed by atoms with Gasteiger partial charge in [0.15, 0.2) is 0 Å². The van der Waals surface area contributed by atoms with Crippen molar-refractivity contribution in [1.29, 1.82) is 0 Å². The lowest BCUT2D eigenvalue weighted by molar-refractivity contribution is 0.173. The van der Waals surface area contributed by atoms with E-state index in [0.717, 1.165) is 5.92 Å². The maximum atomic E-state index is 2.68. The molecule has 0 aromatic carbocycles. The van der Waals surface area contributed by atoms with Crippen LogP contribution in [0.3, 0.4) is 0 Å². The Bertz CT molecular complexity index is 376. The first kappa shape index (κ1) is 10.8. The van der Waals surface area contributed by atoms with Gasteiger partial charge in [0, 0.05) is 24.5 Å². The van der Waals surface area contributed by atoms with Crippen LogP contribution in [-0.2, 0) is 13.0 Å². The first-order valence-corrected chi connectivity index (χ1v) is 7.35. The number of thiophene rings is 1. The molecule has 1 saturated carbocycles. The Kier molecular flexibility index (Phi) is 2.60. The molecule has 3 rings (SSSR count). The van der Waals surface area contributed by atoms with Crippen molar-refractivity contribution in [3.8, 4) is 0 Å². The molecular formula is C14H21NS. The molecule has 88 valence electrons. The van der Waals surface area contributed by atoms with Crippen LogP contribution in [0.5, 0.6) is 0 Å². The van der Waals surface area contributed by atoms with Crippen molar-refractivity contribution in [2.24, 2.45) is 11.3 Å². The molecular weight excluding hydrogens is 214 g/mol. The fourth-order valence-corrected chi connectivity index (χ4v) is 3.86. The van der Waals surface area contributed by atoms with Crippen molar-refractivity contribution in [2.75, 3.05) is 13.1 Å². The van der Waals surface area contributed by atoms with Gasteiger partial charge in [0.05, 0.1) is 0 Å². The molecule has 1 aromatic rings. The van der Waals surface area contributed by atoms with E-state index >= 15 is 0 Å². The molecule has 0 saturated heterocycles. The summed E-state index contributed by atoms with van der Waals surface area (Å²) in [6, 6.07) is 2.32. The Balaban J connectivity index is 1.66. The molecule has 0 unspecified atom stereocenters. The summed E-state index contributed by atoms with van der Waals surface area (Å²) in [5, 5.41) is 2.25. The van der Waals surface area contributed by atoms with Crippen molar-refractivity contribution in [2.45, 2.75) is 39.7 Å². The number of rotatable bonds is 3. The Labute approximate surface area is 102 Å². The second-order valence-electron chi connectivity index (χ2n) is 5.85. The lowest BCUT2D eigenvalue weighted by Crippen LogP contribution is -2.36. The van der Waals surface area contributed by atoms with Crippen LogP contribution in [0.15, 0.2) is 11.4 Å². The standard InChI is InChI=1S/C14H21NS/c1-11(2)14(5-6-14)10-15-7-3-13-12(9-15)4-8-16-13/h4,8,11H,3,5-7,9-10H2,1-2H3. The second kappa shape index (κ2) is 3.85. The maximum Gasteiger partial charge on any atom is 0.0245 e. The van der Waals surface area contributed by atoms with Gasteiger partial charge in [-0.1, -0.05) is 13.8 Å². The number of hydrogen-bond acceptors (Lipinski definition) is 2. The van der Waals surface area contributed by atoms with Crippen LogP contribution in [0.1, 0.15) is 37.1 Å². The van der Waals surface area contributed by atoms with Crippen LogP contribution in [0.4, 0.5) is 0 Å². The monoisotopic (exact) mass is 235 g/mol. The van der Waals surface area contributed by atoms with Crippen LogP contribution in [0, 0.1) is 11.3 Å². The van der Waals surface area contributed by atoms with E-state index < -0.39 is 0 Å². The lowest BCUT2D eigenvalue weighted by Gasteiger charge is -2.32. The minimum absolute atomic E-state index is 0.674. The predicted octanol–water partition coefficient (Wildman–Crippen LogP) is 3.54. The molecule has 16 heavy (non-hydrogen) atoms. The van der Waals surface area contributed by atoms with Crippen LogP contribution in [0.2, 0.25) is 0 Å². The molecule has 0 radical (unpaired) electrons. The predicted molar refractivity (Wildman–Crippen MR) is 69.8 cm³/mol. The van der Waals surface area contributed by atoms with Gasteiger partial charge in [-0.25, -0.2) is 0 Å². The fourth-order valence-electron chi connectivity index (χ4n) is 2.97. The summed E-state index contributed by atoms with van der Waals surface area (Å²) in [4.78, 5) is 4.31. The van der Waals surface area contributed by atoms with Crippen LogP contribution >= 0.6 is 11.3 Å². The fraction of sp³-hybridized carbons (Fsp3) is 0.714. The highest BCUT2D eigenvalue weighted by Crippen LogP contribution is 2.52. The van der Waals surface area contributed by atoms with E-state index in [1.807, 2.05) is 11.3 Å². The van der Waals surface area contributed by atoms with Crippen LogP contribution < -0.4 is 0 Å². The largest absolute Gasteiger partial charge is 0.298 e. The molecule has 2 heterocycles. The lowest BCUT2D eigenvalue weighted by atomic mass is 9.91. The normalized spacial score (nSPS) is 23.4. The molecule has 1 aromatic heterocycles. The van der Waals surface area contributed by atoms with E-state index in [-0.39, 0.29) is 0 Å². The third kappa shape index (κ3) is 1.82. The third-order valence-electron chi connectivity index (χ3n) is 4.54. The number of nitrogens with zero attached hydrogens (tertiary/aromatic N) is 1. The Hall–Kier alpha value is -0.340. The zero-order valence-corrected chi connectivity index (χ0v) is 11.1. The van der Waals surface area contributed by atoms with Gasteiger partial charge < -0.3 is 0 Å². The van der Waals surface area contributed by atoms with E-state index in [4.69, 9.17) is 0 Å². The summed E-state index contributed by atoms with van der Waals surface area (Å²) in [5.41, 5.74) is 2.27. The molecule has 0 spiro atoms. The van der Waals surface area contributed by atoms with Gasteiger partial charge in [-0.3, -0.25) is 4.90 Å². The highest BCUT2D eigenvalue weighted by atomic mass is 32.1. The summed E-state index contributed by atoms with van der Waals surface area (Å²) in [5.74, 6) is 0.858. The molecule has 2 heteroatoms. The van der Waals surface area contributed by atoms with Gasteiger partial charge in [-0.15, -0.1) is 11.3 Å². The van der Waals surface area contributed by atoms with E-state index in [9.17, 15) is 0 Å². The Morgan fingerprint density at radius 2 is 2.25 bits per heavy atom. The third-order valence-corrected chi connectivity index (χ3v) is 5.57. The zero-order chi connectivity index (χ0) is 11.2. The Morgan fingerprint density at radius 1 is 1.44 bits per heavy atom. The molecule has 0 atom stereocenters. The highest BCUT2D eigenvalue weighted by molar-refractivity contribution is 7.10. The summed E-state index contributed by atoms with van der Waals surface area (Å²) in [6.07, 6.45) is 4.19. The molecule has 0 amide bonds. The smallest absolute Gasteiger partial charge is 0.0245 e. The Morgan fingerprint density at radius 3 is 2.94 bits per heavy atom. The van der Waals surface area contributed by atoms with Gasteiger partial charge >= 0.3 is 0 Å². The van der Waals surface area contributed by atoms with Crippen molar-refractivity contribution >= 4 is 11.3 Å². The molecule has 1 fully saturated rings. The SMILES string of the molecule is CC(C)C1(CN2CCc3sccc3C2)CC1. The van der Waals surface area contributed by atoms with Crippen LogP contribution in [0.25, 0.3) is 0 Å². The summed E-state index contributed by atoms with van der Waals surface area (Å²) in [6.45, 7) is 8.61. The average Bonchev–Trinajstić information content (AvgIpc) is 2.90. The summed E-state index contributed by atoms with van der Waals surface area (Å²) in [7, 11) is 0. The quantitative estimate of drug-likeness (QED) is 0.774. The molecule has 0 N–H and O–H groups in total. The van der Waals surface area contributed by atoms with Crippen LogP contribution in [-0.4, -0.2) is 18.0 Å². The number of fused-ring (bicyclic) bond motifs is 1. The molecule has 1 aliphatic heterocycles. The molecule has 1 aliphatic carbocycles. The maximum absolute atomic E-state index is 2.68. The van der Waals surface area contributed by atoms with Crippen molar-refractivity contribution in [1.82, 2.24) is 4.90 Å². The van der Waals surface area contributed by atoms with Gasteiger partial charge in [-0.2, -0.15) is 0 Å². The topological polar surface area (TPSA) is 3.24 Å². The molecule has 1 nitrogen and oxygen atoms in total. The first-order valence-electron chi connectivity index (χ1n) is 6.47. The molecule has 0 bridgehead atoms. The second-order valence-corrected chi connectivity index (χ2v) is 6.85. The number of hydrogen-bond donors (Lipinski definition) is 0. The minimum atomic E-state index is 0.674. The van der Waals surface area contributed by atoms with E-state index in [2.05, 4.69) is 30.2 Å².